The molecule has 0 saturated carbocycles. The van der Waals surface area contributed by atoms with E-state index in [0.717, 1.165) is 12.1 Å². The van der Waals surface area contributed by atoms with Crippen molar-refractivity contribution in [2.45, 2.75) is 33.6 Å². The van der Waals surface area contributed by atoms with Gasteiger partial charge in [0, 0.05) is 12.1 Å². The van der Waals surface area contributed by atoms with Gasteiger partial charge in [-0.15, -0.1) is 0 Å². The van der Waals surface area contributed by atoms with Gasteiger partial charge in [0.2, 0.25) is 0 Å². The van der Waals surface area contributed by atoms with E-state index in [1.165, 1.54) is 6.92 Å². The fourth-order valence-corrected chi connectivity index (χ4v) is 3.01. The number of primary amides is 1. The maximum absolute atomic E-state index is 12.9. The van der Waals surface area contributed by atoms with Crippen LogP contribution >= 0.6 is 0 Å². The summed E-state index contributed by atoms with van der Waals surface area (Å²) in [4.78, 5) is 48.6. The largest absolute Gasteiger partial charge is 0.466 e. The lowest BCUT2D eigenvalue weighted by Crippen LogP contribution is -2.45. The van der Waals surface area contributed by atoms with Crippen molar-refractivity contribution in [3.8, 4) is 0 Å². The molecule has 1 atom stereocenters. The van der Waals surface area contributed by atoms with Crippen LogP contribution in [0.1, 0.15) is 33.6 Å². The summed E-state index contributed by atoms with van der Waals surface area (Å²) in [6.07, 6.45) is -0.355. The number of esters is 3. The first kappa shape index (κ1) is 22.0. The molecule has 0 bridgehead atoms. The van der Waals surface area contributed by atoms with Crippen LogP contribution in [0.3, 0.4) is 0 Å². The zero-order chi connectivity index (χ0) is 20.8. The smallest absolute Gasteiger partial charge is 0.337 e. The van der Waals surface area contributed by atoms with Crippen LogP contribution < -0.4 is 11.2 Å². The van der Waals surface area contributed by atoms with Gasteiger partial charge in [-0.3, -0.25) is 14.6 Å². The van der Waals surface area contributed by atoms with Crippen molar-refractivity contribution >= 4 is 23.9 Å². The second-order valence-corrected chi connectivity index (χ2v) is 5.64. The van der Waals surface area contributed by atoms with Crippen LogP contribution in [0.15, 0.2) is 23.5 Å². The highest BCUT2D eigenvalue weighted by Crippen LogP contribution is 2.50. The molecule has 2 amide bonds. The number of hydrogen-bond acceptors (Lipinski definition) is 8. The summed E-state index contributed by atoms with van der Waals surface area (Å²) in [5.74, 6) is -2.18. The third kappa shape index (κ3) is 4.21. The molecule has 1 rings (SSSR count). The lowest BCUT2D eigenvalue weighted by atomic mass is 9.75. The van der Waals surface area contributed by atoms with Gasteiger partial charge in [-0.05, 0) is 27.2 Å². The van der Waals surface area contributed by atoms with Gasteiger partial charge in [0.25, 0.3) is 0 Å². The summed E-state index contributed by atoms with van der Waals surface area (Å²) >= 11 is 0. The summed E-state index contributed by atoms with van der Waals surface area (Å²) < 4.78 is 14.9. The van der Waals surface area contributed by atoms with E-state index in [9.17, 15) is 19.2 Å². The number of rotatable bonds is 8. The van der Waals surface area contributed by atoms with Gasteiger partial charge < -0.3 is 19.9 Å². The molecule has 0 aromatic heterocycles. The number of nitrogens with two attached hydrogens (primary N) is 1. The van der Waals surface area contributed by atoms with Crippen molar-refractivity contribution in [3.05, 3.63) is 23.5 Å². The maximum atomic E-state index is 12.9. The third-order valence-corrected chi connectivity index (χ3v) is 4.13. The minimum atomic E-state index is -1.73. The number of allylic oxidation sites excluding steroid dienone is 1. The molecular formula is C17H25N3O7. The van der Waals surface area contributed by atoms with E-state index >= 15 is 0 Å². The number of carbonyl (C=O) groups excluding carboxylic acids is 4. The molecule has 0 aromatic carbocycles. The summed E-state index contributed by atoms with van der Waals surface area (Å²) in [5.41, 5.74) is 5.85. The van der Waals surface area contributed by atoms with Crippen LogP contribution in [-0.2, 0) is 28.6 Å². The molecule has 10 heteroatoms. The van der Waals surface area contributed by atoms with Crippen LogP contribution in [0.4, 0.5) is 4.79 Å². The van der Waals surface area contributed by atoms with Crippen LogP contribution in [0.5, 0.6) is 0 Å². The number of amides is 2. The lowest BCUT2D eigenvalue weighted by molar-refractivity contribution is -0.155. The van der Waals surface area contributed by atoms with Gasteiger partial charge in [-0.25, -0.2) is 15.0 Å². The minimum absolute atomic E-state index is 0.0157. The lowest BCUT2D eigenvalue weighted by Gasteiger charge is -2.31. The number of nitrogens with one attached hydrogen (secondary N) is 1. The van der Waals surface area contributed by atoms with Crippen molar-refractivity contribution in [1.82, 2.24) is 10.4 Å². The molecule has 0 aromatic rings. The Balaban J connectivity index is 3.52. The molecule has 0 fully saturated rings. The van der Waals surface area contributed by atoms with Crippen molar-refractivity contribution in [1.29, 1.82) is 0 Å². The maximum Gasteiger partial charge on any atom is 0.337 e. The standard InChI is InChI=1S/C17H25N3O7/c1-6-26-12(21)8-9-17(15(23)27-7-2)11(4)20(19-16(18)24)10(3)13(17)14(22)25-5/h4,6-9H2,1-3,5H3,(H3,18,19,24). The molecular weight excluding hydrogens is 358 g/mol. The second kappa shape index (κ2) is 9.06. The van der Waals surface area contributed by atoms with Gasteiger partial charge in [0.15, 0.2) is 0 Å². The number of urea groups is 1. The van der Waals surface area contributed by atoms with Crippen molar-refractivity contribution < 1.29 is 33.4 Å². The Morgan fingerprint density at radius 1 is 1.19 bits per heavy atom. The highest BCUT2D eigenvalue weighted by molar-refractivity contribution is 6.02. The van der Waals surface area contributed by atoms with Gasteiger partial charge in [0.05, 0.1) is 31.6 Å². The normalized spacial score (nSPS) is 19.0. The van der Waals surface area contributed by atoms with E-state index in [1.54, 1.807) is 13.8 Å². The minimum Gasteiger partial charge on any atom is -0.466 e. The number of ether oxygens (including phenoxy) is 3. The summed E-state index contributed by atoms with van der Waals surface area (Å²) in [6, 6.07) is -0.926. The number of methoxy groups -OCH3 is 1. The Hall–Kier alpha value is -3.04. The van der Waals surface area contributed by atoms with E-state index in [2.05, 4.69) is 12.0 Å². The first-order valence-electron chi connectivity index (χ1n) is 8.35. The van der Waals surface area contributed by atoms with Crippen LogP contribution in [0, 0.1) is 5.41 Å². The van der Waals surface area contributed by atoms with E-state index in [-0.39, 0.29) is 43.0 Å². The second-order valence-electron chi connectivity index (χ2n) is 5.64. The van der Waals surface area contributed by atoms with Gasteiger partial charge >= 0.3 is 23.9 Å². The Kier molecular flexibility index (Phi) is 7.38. The zero-order valence-electron chi connectivity index (χ0n) is 15.9. The SMILES string of the molecule is C=C1N(NC(N)=O)C(C)=C(C(=O)OC)C1(CCC(=O)OCC)C(=O)OCC. The number of hydrazine groups is 1. The molecule has 1 heterocycles. The Bertz CT molecular complexity index is 686. The fraction of sp³-hybridized carbons (Fsp3) is 0.529. The highest BCUT2D eigenvalue weighted by Gasteiger charge is 2.57. The van der Waals surface area contributed by atoms with Gasteiger partial charge in [0.1, 0.15) is 5.41 Å². The van der Waals surface area contributed by atoms with Gasteiger partial charge in [-0.2, -0.15) is 0 Å². The van der Waals surface area contributed by atoms with Crippen LogP contribution in [-0.4, -0.2) is 49.3 Å². The topological polar surface area (TPSA) is 137 Å². The van der Waals surface area contributed by atoms with Gasteiger partial charge in [-0.1, -0.05) is 6.58 Å². The molecule has 1 aliphatic heterocycles. The molecule has 27 heavy (non-hydrogen) atoms. The van der Waals surface area contributed by atoms with Crippen molar-refractivity contribution in [2.24, 2.45) is 11.1 Å². The predicted molar refractivity (Wildman–Crippen MR) is 93.3 cm³/mol. The monoisotopic (exact) mass is 383 g/mol. The Morgan fingerprint density at radius 3 is 2.26 bits per heavy atom. The first-order chi connectivity index (χ1) is 12.7. The van der Waals surface area contributed by atoms with Crippen molar-refractivity contribution in [3.63, 3.8) is 0 Å². The van der Waals surface area contributed by atoms with Crippen molar-refractivity contribution in [2.75, 3.05) is 20.3 Å². The quantitative estimate of drug-likeness (QED) is 0.462. The third-order valence-electron chi connectivity index (χ3n) is 4.13. The fourth-order valence-electron chi connectivity index (χ4n) is 3.01. The summed E-state index contributed by atoms with van der Waals surface area (Å²) in [5, 5.41) is 1.12. The number of hydrogen-bond donors (Lipinski definition) is 2. The zero-order valence-corrected chi connectivity index (χ0v) is 15.9. The Morgan fingerprint density at radius 2 is 1.78 bits per heavy atom. The number of carbonyl (C=O) groups is 4. The average molecular weight is 383 g/mol. The van der Waals surface area contributed by atoms with E-state index in [0.29, 0.717) is 0 Å². The molecule has 10 nitrogen and oxygen atoms in total. The average Bonchev–Trinajstić information content (AvgIpc) is 2.81. The highest BCUT2D eigenvalue weighted by atomic mass is 16.5. The summed E-state index contributed by atoms with van der Waals surface area (Å²) in [7, 11) is 1.15. The predicted octanol–water partition coefficient (Wildman–Crippen LogP) is 0.739. The Labute approximate surface area is 157 Å². The van der Waals surface area contributed by atoms with E-state index in [4.69, 9.17) is 19.9 Å². The van der Waals surface area contributed by atoms with E-state index < -0.39 is 29.4 Å². The molecule has 0 spiro atoms. The molecule has 0 radical (unpaired) electrons. The summed E-state index contributed by atoms with van der Waals surface area (Å²) in [6.45, 7) is 8.77. The van der Waals surface area contributed by atoms with E-state index in [1.807, 2.05) is 0 Å². The molecule has 150 valence electrons. The number of nitrogens with zero attached hydrogens (tertiary/aromatic N) is 1. The molecule has 0 saturated heterocycles. The molecule has 1 aliphatic rings. The van der Waals surface area contributed by atoms with Crippen LogP contribution in [0.2, 0.25) is 0 Å². The molecule has 0 aliphatic carbocycles. The molecule has 1 unspecified atom stereocenters. The molecule has 3 N–H and O–H groups in total. The van der Waals surface area contributed by atoms with Crippen LogP contribution in [0.25, 0.3) is 0 Å². The first-order valence-corrected chi connectivity index (χ1v) is 8.35.